The molecule has 0 spiro atoms. The summed E-state index contributed by atoms with van der Waals surface area (Å²) in [5.74, 6) is 0.995. The second-order valence-corrected chi connectivity index (χ2v) is 4.80. The molecular formula is C13H21N5O. The van der Waals surface area contributed by atoms with Crippen LogP contribution in [0.1, 0.15) is 23.8 Å². The van der Waals surface area contributed by atoms with E-state index in [1.807, 2.05) is 0 Å². The Morgan fingerprint density at radius 3 is 3.05 bits per heavy atom. The van der Waals surface area contributed by atoms with Crippen LogP contribution < -0.4 is 10.6 Å². The van der Waals surface area contributed by atoms with E-state index < -0.39 is 0 Å². The Labute approximate surface area is 113 Å². The van der Waals surface area contributed by atoms with Crippen LogP contribution in [0.4, 0.5) is 5.82 Å². The van der Waals surface area contributed by atoms with E-state index in [0.29, 0.717) is 24.0 Å². The van der Waals surface area contributed by atoms with Gasteiger partial charge in [0.1, 0.15) is 11.5 Å². The Morgan fingerprint density at radius 1 is 1.53 bits per heavy atom. The zero-order valence-electron chi connectivity index (χ0n) is 11.5. The van der Waals surface area contributed by atoms with Crippen molar-refractivity contribution < 1.29 is 4.79 Å². The number of likely N-dealkylation sites (tertiary alicyclic amines) is 1. The largest absolute Gasteiger partial charge is 0.372 e. The van der Waals surface area contributed by atoms with Crippen molar-refractivity contribution in [1.82, 2.24) is 20.2 Å². The summed E-state index contributed by atoms with van der Waals surface area (Å²) in [6.07, 6.45) is 4.23. The molecule has 0 radical (unpaired) electrons. The average Bonchev–Trinajstić information content (AvgIpc) is 2.93. The summed E-state index contributed by atoms with van der Waals surface area (Å²) in [6, 6.07) is 0. The van der Waals surface area contributed by atoms with Crippen molar-refractivity contribution in [1.29, 1.82) is 0 Å². The predicted molar refractivity (Wildman–Crippen MR) is 74.1 cm³/mol. The highest BCUT2D eigenvalue weighted by molar-refractivity contribution is 5.92. The Kier molecular flexibility index (Phi) is 4.68. The lowest BCUT2D eigenvalue weighted by Crippen LogP contribution is -2.31. The maximum Gasteiger partial charge on any atom is 0.271 e. The smallest absolute Gasteiger partial charge is 0.271 e. The summed E-state index contributed by atoms with van der Waals surface area (Å²) in [5, 5.41) is 5.81. The van der Waals surface area contributed by atoms with E-state index in [0.717, 1.165) is 26.1 Å². The number of hydrogen-bond donors (Lipinski definition) is 2. The van der Waals surface area contributed by atoms with Gasteiger partial charge in [0.25, 0.3) is 5.91 Å². The molecule has 19 heavy (non-hydrogen) atoms. The fourth-order valence-electron chi connectivity index (χ4n) is 2.29. The van der Waals surface area contributed by atoms with Crippen LogP contribution in [0, 0.1) is 5.92 Å². The van der Waals surface area contributed by atoms with Crippen molar-refractivity contribution in [2.75, 3.05) is 38.5 Å². The Hall–Kier alpha value is -1.69. The molecule has 0 saturated carbocycles. The van der Waals surface area contributed by atoms with E-state index in [4.69, 9.17) is 0 Å². The van der Waals surface area contributed by atoms with Crippen molar-refractivity contribution in [3.8, 4) is 0 Å². The third kappa shape index (κ3) is 3.64. The number of amides is 1. The number of nitrogens with zero attached hydrogens (tertiary/aromatic N) is 3. The molecular weight excluding hydrogens is 242 g/mol. The van der Waals surface area contributed by atoms with Crippen LogP contribution in [-0.2, 0) is 0 Å². The van der Waals surface area contributed by atoms with E-state index in [1.165, 1.54) is 6.20 Å². The van der Waals surface area contributed by atoms with E-state index in [2.05, 4.69) is 32.4 Å². The molecule has 1 aromatic rings. The van der Waals surface area contributed by atoms with Gasteiger partial charge in [-0.2, -0.15) is 0 Å². The predicted octanol–water partition coefficient (Wildman–Crippen LogP) is 0.590. The molecule has 2 N–H and O–H groups in total. The van der Waals surface area contributed by atoms with Gasteiger partial charge in [0.15, 0.2) is 0 Å². The van der Waals surface area contributed by atoms with Crippen molar-refractivity contribution >= 4 is 11.7 Å². The van der Waals surface area contributed by atoms with Crippen LogP contribution in [0.3, 0.4) is 0 Å². The lowest BCUT2D eigenvalue weighted by molar-refractivity contribution is 0.0942. The highest BCUT2D eigenvalue weighted by Gasteiger charge is 2.21. The highest BCUT2D eigenvalue weighted by Crippen LogP contribution is 2.14. The number of nitrogens with one attached hydrogen (secondary N) is 2. The summed E-state index contributed by atoms with van der Waals surface area (Å²) in [4.78, 5) is 22.5. The topological polar surface area (TPSA) is 70.2 Å². The van der Waals surface area contributed by atoms with Crippen molar-refractivity contribution in [2.45, 2.75) is 13.3 Å². The zero-order chi connectivity index (χ0) is 13.7. The van der Waals surface area contributed by atoms with Gasteiger partial charge in [-0.1, -0.05) is 6.92 Å². The zero-order valence-corrected chi connectivity index (χ0v) is 11.5. The van der Waals surface area contributed by atoms with Crippen molar-refractivity contribution in [3.05, 3.63) is 18.1 Å². The molecule has 1 aromatic heterocycles. The van der Waals surface area contributed by atoms with Gasteiger partial charge >= 0.3 is 0 Å². The van der Waals surface area contributed by atoms with Gasteiger partial charge in [-0.05, 0) is 25.4 Å². The molecule has 1 fully saturated rings. The van der Waals surface area contributed by atoms with Crippen LogP contribution in [-0.4, -0.2) is 54.0 Å². The van der Waals surface area contributed by atoms with Crippen LogP contribution in [0.25, 0.3) is 0 Å². The summed E-state index contributed by atoms with van der Waals surface area (Å²) in [6.45, 7) is 6.16. The third-order valence-corrected chi connectivity index (χ3v) is 3.49. The SMILES string of the molecule is CCN1CCC(CNC(=O)c2cncc(NC)n2)C1. The van der Waals surface area contributed by atoms with Gasteiger partial charge in [0, 0.05) is 20.1 Å². The molecule has 104 valence electrons. The normalized spacial score (nSPS) is 19.4. The van der Waals surface area contributed by atoms with E-state index >= 15 is 0 Å². The molecule has 6 heteroatoms. The summed E-state index contributed by atoms with van der Waals surface area (Å²) >= 11 is 0. The maximum absolute atomic E-state index is 12.0. The van der Waals surface area contributed by atoms with Crippen LogP contribution >= 0.6 is 0 Å². The number of carbonyl (C=O) groups is 1. The summed E-state index contributed by atoms with van der Waals surface area (Å²) in [7, 11) is 1.75. The van der Waals surface area contributed by atoms with Gasteiger partial charge in [-0.3, -0.25) is 9.78 Å². The van der Waals surface area contributed by atoms with Crippen LogP contribution in [0.2, 0.25) is 0 Å². The van der Waals surface area contributed by atoms with E-state index in [-0.39, 0.29) is 5.91 Å². The van der Waals surface area contributed by atoms with Crippen molar-refractivity contribution in [2.24, 2.45) is 5.92 Å². The molecule has 0 aromatic carbocycles. The number of carbonyl (C=O) groups excluding carboxylic acids is 1. The quantitative estimate of drug-likeness (QED) is 0.813. The molecule has 0 aliphatic carbocycles. The van der Waals surface area contributed by atoms with E-state index in [1.54, 1.807) is 13.2 Å². The third-order valence-electron chi connectivity index (χ3n) is 3.49. The van der Waals surface area contributed by atoms with Crippen molar-refractivity contribution in [3.63, 3.8) is 0 Å². The molecule has 1 saturated heterocycles. The lowest BCUT2D eigenvalue weighted by Gasteiger charge is -2.13. The summed E-state index contributed by atoms with van der Waals surface area (Å²) in [5.41, 5.74) is 0.359. The minimum Gasteiger partial charge on any atom is -0.372 e. The number of aromatic nitrogens is 2. The maximum atomic E-state index is 12.0. The summed E-state index contributed by atoms with van der Waals surface area (Å²) < 4.78 is 0. The van der Waals surface area contributed by atoms with Gasteiger partial charge < -0.3 is 15.5 Å². The number of hydrogen-bond acceptors (Lipinski definition) is 5. The molecule has 2 heterocycles. The van der Waals surface area contributed by atoms with Crippen LogP contribution in [0.15, 0.2) is 12.4 Å². The second kappa shape index (κ2) is 6.47. The number of rotatable bonds is 5. The average molecular weight is 263 g/mol. The molecule has 1 aliphatic heterocycles. The molecule has 1 unspecified atom stereocenters. The monoisotopic (exact) mass is 263 g/mol. The Bertz CT molecular complexity index is 437. The number of anilines is 1. The molecule has 1 atom stereocenters. The second-order valence-electron chi connectivity index (χ2n) is 4.80. The molecule has 2 rings (SSSR count). The van der Waals surface area contributed by atoms with Crippen LogP contribution in [0.5, 0.6) is 0 Å². The van der Waals surface area contributed by atoms with Gasteiger partial charge in [0.05, 0.1) is 12.4 Å². The van der Waals surface area contributed by atoms with Gasteiger partial charge in [0.2, 0.25) is 0 Å². The molecule has 1 aliphatic rings. The van der Waals surface area contributed by atoms with Gasteiger partial charge in [-0.25, -0.2) is 4.98 Å². The fraction of sp³-hybridized carbons (Fsp3) is 0.615. The molecule has 1 amide bonds. The first-order chi connectivity index (χ1) is 9.22. The minimum atomic E-state index is -0.153. The Morgan fingerprint density at radius 2 is 2.37 bits per heavy atom. The van der Waals surface area contributed by atoms with E-state index in [9.17, 15) is 4.79 Å². The fourth-order valence-corrected chi connectivity index (χ4v) is 2.29. The standard InChI is InChI=1S/C13H21N5O/c1-3-18-5-4-10(9-18)6-16-13(19)11-7-15-8-12(14-2)17-11/h7-8,10H,3-6,9H2,1-2H3,(H,14,17)(H,16,19). The lowest BCUT2D eigenvalue weighted by atomic mass is 10.1. The first-order valence-corrected chi connectivity index (χ1v) is 6.73. The first kappa shape index (κ1) is 13.7. The van der Waals surface area contributed by atoms with Gasteiger partial charge in [-0.15, -0.1) is 0 Å². The highest BCUT2D eigenvalue weighted by atomic mass is 16.1. The molecule has 6 nitrogen and oxygen atoms in total. The minimum absolute atomic E-state index is 0.153. The molecule has 0 bridgehead atoms. The first-order valence-electron chi connectivity index (χ1n) is 6.73. The Balaban J connectivity index is 1.84.